The molecular formula is C18H19N3O. The van der Waals surface area contributed by atoms with E-state index >= 15 is 0 Å². The summed E-state index contributed by atoms with van der Waals surface area (Å²) in [7, 11) is 0. The second-order valence-electron chi connectivity index (χ2n) is 5.37. The topological polar surface area (TPSA) is 64.9 Å². The maximum Gasteiger partial charge on any atom is 0.243 e. The van der Waals surface area contributed by atoms with Crippen molar-refractivity contribution >= 4 is 17.3 Å². The van der Waals surface area contributed by atoms with Crippen molar-refractivity contribution in [1.82, 2.24) is 0 Å². The Morgan fingerprint density at radius 2 is 1.82 bits per heavy atom. The van der Waals surface area contributed by atoms with Gasteiger partial charge in [0.1, 0.15) is 0 Å². The normalized spacial score (nSPS) is 9.91. The predicted molar refractivity (Wildman–Crippen MR) is 88.9 cm³/mol. The van der Waals surface area contributed by atoms with Gasteiger partial charge in [0.25, 0.3) is 0 Å². The number of nitrogens with zero attached hydrogens (tertiary/aromatic N) is 1. The van der Waals surface area contributed by atoms with E-state index in [4.69, 9.17) is 5.26 Å². The molecule has 0 aromatic heterocycles. The molecule has 0 heterocycles. The van der Waals surface area contributed by atoms with Crippen molar-refractivity contribution < 1.29 is 4.79 Å². The van der Waals surface area contributed by atoms with Gasteiger partial charge in [0.05, 0.1) is 18.2 Å². The fraction of sp³-hybridized carbons (Fsp3) is 0.222. The van der Waals surface area contributed by atoms with E-state index in [1.807, 2.05) is 39.0 Å². The molecular weight excluding hydrogens is 274 g/mol. The van der Waals surface area contributed by atoms with Crippen LogP contribution in [-0.2, 0) is 4.79 Å². The summed E-state index contributed by atoms with van der Waals surface area (Å²) in [6.45, 7) is 6.16. The van der Waals surface area contributed by atoms with Crippen LogP contribution in [0.15, 0.2) is 36.4 Å². The minimum atomic E-state index is -0.114. The highest BCUT2D eigenvalue weighted by atomic mass is 16.1. The van der Waals surface area contributed by atoms with Gasteiger partial charge in [-0.15, -0.1) is 0 Å². The minimum Gasteiger partial charge on any atom is -0.376 e. The summed E-state index contributed by atoms with van der Waals surface area (Å²) in [6.07, 6.45) is 0. The lowest BCUT2D eigenvalue weighted by atomic mass is 10.1. The predicted octanol–water partition coefficient (Wildman–Crippen LogP) is 3.53. The quantitative estimate of drug-likeness (QED) is 0.906. The van der Waals surface area contributed by atoms with Crippen LogP contribution in [0.3, 0.4) is 0 Å². The summed E-state index contributed by atoms with van der Waals surface area (Å²) in [6, 6.07) is 13.2. The number of rotatable bonds is 4. The van der Waals surface area contributed by atoms with Crippen LogP contribution in [0.5, 0.6) is 0 Å². The van der Waals surface area contributed by atoms with Gasteiger partial charge in [-0.05, 0) is 50.1 Å². The van der Waals surface area contributed by atoms with Crippen molar-refractivity contribution in [2.45, 2.75) is 20.8 Å². The molecule has 0 atom stereocenters. The molecule has 112 valence electrons. The lowest BCUT2D eigenvalue weighted by molar-refractivity contribution is -0.114. The molecule has 0 aliphatic carbocycles. The molecule has 4 heteroatoms. The molecule has 2 aromatic carbocycles. The van der Waals surface area contributed by atoms with Gasteiger partial charge >= 0.3 is 0 Å². The first kappa shape index (κ1) is 15.6. The second kappa shape index (κ2) is 6.77. The van der Waals surface area contributed by atoms with Crippen molar-refractivity contribution in [3.63, 3.8) is 0 Å². The number of nitrogens with one attached hydrogen (secondary N) is 2. The maximum atomic E-state index is 12.1. The summed E-state index contributed by atoms with van der Waals surface area (Å²) >= 11 is 0. The highest BCUT2D eigenvalue weighted by Gasteiger charge is 2.08. The zero-order chi connectivity index (χ0) is 16.1. The van der Waals surface area contributed by atoms with Crippen LogP contribution in [0.25, 0.3) is 0 Å². The Kier molecular flexibility index (Phi) is 4.80. The monoisotopic (exact) mass is 293 g/mol. The summed E-state index contributed by atoms with van der Waals surface area (Å²) in [5.41, 5.74) is 5.47. The van der Waals surface area contributed by atoms with E-state index in [1.54, 1.807) is 18.2 Å². The number of anilines is 2. The van der Waals surface area contributed by atoms with Crippen molar-refractivity contribution in [3.8, 4) is 6.07 Å². The Hall–Kier alpha value is -2.80. The van der Waals surface area contributed by atoms with Crippen molar-refractivity contribution in [1.29, 1.82) is 5.26 Å². The summed E-state index contributed by atoms with van der Waals surface area (Å²) in [5.74, 6) is -0.114. The highest BCUT2D eigenvalue weighted by Crippen LogP contribution is 2.21. The number of carbonyl (C=O) groups excluding carboxylic acids is 1. The number of benzene rings is 2. The SMILES string of the molecule is Cc1cc(C)c(NC(=O)CNc2cccc(C#N)c2)c(C)c1. The van der Waals surface area contributed by atoms with Crippen LogP contribution in [0.2, 0.25) is 0 Å². The molecule has 0 unspecified atom stereocenters. The molecule has 0 saturated carbocycles. The molecule has 0 radical (unpaired) electrons. The third-order valence-corrected chi connectivity index (χ3v) is 3.39. The zero-order valence-electron chi connectivity index (χ0n) is 13.0. The number of hydrogen-bond donors (Lipinski definition) is 2. The number of aryl methyl sites for hydroxylation is 3. The van der Waals surface area contributed by atoms with E-state index in [1.165, 1.54) is 5.56 Å². The van der Waals surface area contributed by atoms with Crippen LogP contribution >= 0.6 is 0 Å². The maximum absolute atomic E-state index is 12.1. The van der Waals surface area contributed by atoms with Gasteiger partial charge in [0, 0.05) is 11.4 Å². The van der Waals surface area contributed by atoms with Gasteiger partial charge in [-0.1, -0.05) is 23.8 Å². The smallest absolute Gasteiger partial charge is 0.243 e. The van der Waals surface area contributed by atoms with Crippen LogP contribution in [0, 0.1) is 32.1 Å². The summed E-state index contributed by atoms with van der Waals surface area (Å²) < 4.78 is 0. The largest absolute Gasteiger partial charge is 0.376 e. The molecule has 4 nitrogen and oxygen atoms in total. The van der Waals surface area contributed by atoms with Crippen molar-refractivity contribution in [3.05, 3.63) is 58.7 Å². The summed E-state index contributed by atoms with van der Waals surface area (Å²) in [5, 5.41) is 14.8. The van der Waals surface area contributed by atoms with Crippen LogP contribution in [-0.4, -0.2) is 12.5 Å². The summed E-state index contributed by atoms with van der Waals surface area (Å²) in [4.78, 5) is 12.1. The Balaban J connectivity index is 2.00. The number of nitriles is 1. The lowest BCUT2D eigenvalue weighted by Gasteiger charge is -2.13. The zero-order valence-corrected chi connectivity index (χ0v) is 13.0. The highest BCUT2D eigenvalue weighted by molar-refractivity contribution is 5.95. The molecule has 0 saturated heterocycles. The van der Waals surface area contributed by atoms with Crippen molar-refractivity contribution in [2.75, 3.05) is 17.2 Å². The van der Waals surface area contributed by atoms with E-state index in [-0.39, 0.29) is 12.5 Å². The molecule has 2 N–H and O–H groups in total. The lowest BCUT2D eigenvalue weighted by Crippen LogP contribution is -2.22. The van der Waals surface area contributed by atoms with Crippen molar-refractivity contribution in [2.24, 2.45) is 0 Å². The molecule has 2 rings (SSSR count). The minimum absolute atomic E-state index is 0.114. The van der Waals surface area contributed by atoms with Gasteiger partial charge in [0.15, 0.2) is 0 Å². The standard InChI is InChI=1S/C18H19N3O/c1-12-7-13(2)18(14(3)8-12)21-17(22)11-20-16-6-4-5-15(9-16)10-19/h4-9,20H,11H2,1-3H3,(H,21,22). The fourth-order valence-corrected chi connectivity index (χ4v) is 2.44. The number of carbonyl (C=O) groups is 1. The van der Waals surface area contributed by atoms with Gasteiger partial charge in [-0.2, -0.15) is 5.26 Å². The van der Waals surface area contributed by atoms with Gasteiger partial charge in [0.2, 0.25) is 5.91 Å². The fourth-order valence-electron chi connectivity index (χ4n) is 2.44. The molecule has 0 bridgehead atoms. The number of hydrogen-bond acceptors (Lipinski definition) is 3. The first-order valence-corrected chi connectivity index (χ1v) is 7.11. The third kappa shape index (κ3) is 3.86. The molecule has 22 heavy (non-hydrogen) atoms. The van der Waals surface area contributed by atoms with E-state index in [0.29, 0.717) is 5.56 Å². The van der Waals surface area contributed by atoms with E-state index < -0.39 is 0 Å². The second-order valence-corrected chi connectivity index (χ2v) is 5.37. The Morgan fingerprint density at radius 1 is 1.14 bits per heavy atom. The van der Waals surface area contributed by atoms with Gasteiger partial charge in [-0.3, -0.25) is 4.79 Å². The van der Waals surface area contributed by atoms with E-state index in [0.717, 1.165) is 22.5 Å². The van der Waals surface area contributed by atoms with E-state index in [2.05, 4.69) is 16.7 Å². The average Bonchev–Trinajstić information content (AvgIpc) is 2.49. The molecule has 0 fully saturated rings. The molecule has 2 aromatic rings. The van der Waals surface area contributed by atoms with E-state index in [9.17, 15) is 4.79 Å². The average molecular weight is 293 g/mol. The molecule has 0 aliphatic rings. The van der Waals surface area contributed by atoms with Crippen LogP contribution in [0.4, 0.5) is 11.4 Å². The molecule has 1 amide bonds. The first-order valence-electron chi connectivity index (χ1n) is 7.11. The van der Waals surface area contributed by atoms with Crippen LogP contribution < -0.4 is 10.6 Å². The number of amides is 1. The third-order valence-electron chi connectivity index (χ3n) is 3.39. The molecule has 0 aliphatic heterocycles. The Morgan fingerprint density at radius 3 is 2.45 bits per heavy atom. The van der Waals surface area contributed by atoms with Gasteiger partial charge in [-0.25, -0.2) is 0 Å². The molecule has 0 spiro atoms. The first-order chi connectivity index (χ1) is 10.5. The Labute approximate surface area is 130 Å². The van der Waals surface area contributed by atoms with Crippen LogP contribution in [0.1, 0.15) is 22.3 Å². The Bertz CT molecular complexity index is 721. The van der Waals surface area contributed by atoms with Gasteiger partial charge < -0.3 is 10.6 Å².